The van der Waals surface area contributed by atoms with E-state index in [1.807, 2.05) is 0 Å². The molecule has 1 aromatic heterocycles. The third-order valence-corrected chi connectivity index (χ3v) is 4.03. The van der Waals surface area contributed by atoms with Gasteiger partial charge in [0.15, 0.2) is 5.82 Å². The molecule has 4 unspecified atom stereocenters. The molecular weight excluding hydrogens is 214 g/mol. The largest absolute Gasteiger partial charge is 0.339 e. The van der Waals surface area contributed by atoms with E-state index in [2.05, 4.69) is 23.1 Å². The molecule has 90 valence electrons. The maximum absolute atomic E-state index is 8.79. The van der Waals surface area contributed by atoms with Gasteiger partial charge in [-0.1, -0.05) is 24.9 Å². The van der Waals surface area contributed by atoms with Crippen LogP contribution in [0.1, 0.15) is 62.6 Å². The van der Waals surface area contributed by atoms with Gasteiger partial charge in [-0.05, 0) is 25.2 Å². The molecule has 0 aromatic carbocycles. The molecule has 1 aromatic rings. The highest BCUT2D eigenvalue weighted by Crippen LogP contribution is 2.46. The van der Waals surface area contributed by atoms with E-state index < -0.39 is 0 Å². The van der Waals surface area contributed by atoms with Crippen LogP contribution in [0.2, 0.25) is 0 Å². The van der Waals surface area contributed by atoms with E-state index in [9.17, 15) is 0 Å². The van der Waals surface area contributed by atoms with Crippen LogP contribution in [0, 0.1) is 23.2 Å². The maximum Gasteiger partial charge on any atom is 0.231 e. The average molecular weight is 231 g/mol. The Morgan fingerprint density at radius 3 is 2.94 bits per heavy atom. The fourth-order valence-electron chi connectivity index (χ4n) is 2.84. The zero-order chi connectivity index (χ0) is 11.8. The quantitative estimate of drug-likeness (QED) is 0.785. The van der Waals surface area contributed by atoms with Gasteiger partial charge in [0.05, 0.1) is 17.9 Å². The second-order valence-electron chi connectivity index (χ2n) is 5.54. The Balaban J connectivity index is 1.70. The van der Waals surface area contributed by atoms with Gasteiger partial charge in [-0.2, -0.15) is 10.2 Å². The van der Waals surface area contributed by atoms with Crippen LogP contribution >= 0.6 is 0 Å². The molecule has 0 aliphatic heterocycles. The molecule has 0 saturated heterocycles. The summed E-state index contributed by atoms with van der Waals surface area (Å²) in [5, 5.41) is 12.9. The molecule has 0 radical (unpaired) electrons. The standard InChI is InChI=1S/C13H17N3O/c1-8-3-2-4-9(5-8)12-15-13(17-16-12)11-6-10(11)7-14/h8-11H,2-6H2,1H3. The van der Waals surface area contributed by atoms with Gasteiger partial charge in [0.2, 0.25) is 5.89 Å². The van der Waals surface area contributed by atoms with Gasteiger partial charge in [0.25, 0.3) is 0 Å². The van der Waals surface area contributed by atoms with Crippen molar-refractivity contribution in [2.24, 2.45) is 11.8 Å². The molecule has 3 rings (SSSR count). The van der Waals surface area contributed by atoms with Crippen LogP contribution in [0.4, 0.5) is 0 Å². The molecule has 4 heteroatoms. The summed E-state index contributed by atoms with van der Waals surface area (Å²) in [5.74, 6) is 3.11. The van der Waals surface area contributed by atoms with E-state index in [0.717, 1.165) is 18.2 Å². The minimum Gasteiger partial charge on any atom is -0.339 e. The number of rotatable bonds is 2. The third kappa shape index (κ3) is 2.06. The fraction of sp³-hybridized carbons (Fsp3) is 0.769. The maximum atomic E-state index is 8.79. The zero-order valence-corrected chi connectivity index (χ0v) is 10.1. The van der Waals surface area contributed by atoms with Crippen molar-refractivity contribution in [2.45, 2.75) is 50.9 Å². The highest BCUT2D eigenvalue weighted by Gasteiger charge is 2.43. The smallest absolute Gasteiger partial charge is 0.231 e. The van der Waals surface area contributed by atoms with E-state index in [-0.39, 0.29) is 11.8 Å². The molecule has 0 spiro atoms. The SMILES string of the molecule is CC1CCCC(c2noc(C3CC3C#N)n2)C1. The third-order valence-electron chi connectivity index (χ3n) is 4.03. The molecule has 0 N–H and O–H groups in total. The van der Waals surface area contributed by atoms with Crippen molar-refractivity contribution in [1.29, 1.82) is 5.26 Å². The van der Waals surface area contributed by atoms with Gasteiger partial charge in [-0.3, -0.25) is 0 Å². The normalized spacial score (nSPS) is 36.5. The molecule has 4 nitrogen and oxygen atoms in total. The van der Waals surface area contributed by atoms with Gasteiger partial charge >= 0.3 is 0 Å². The molecular formula is C13H17N3O. The lowest BCUT2D eigenvalue weighted by Gasteiger charge is -2.23. The Morgan fingerprint density at radius 1 is 1.35 bits per heavy atom. The van der Waals surface area contributed by atoms with Crippen molar-refractivity contribution in [2.75, 3.05) is 0 Å². The molecule has 2 aliphatic rings. The Kier molecular flexibility index (Phi) is 2.62. The van der Waals surface area contributed by atoms with Crippen molar-refractivity contribution in [1.82, 2.24) is 10.1 Å². The predicted molar refractivity (Wildman–Crippen MR) is 61.1 cm³/mol. The summed E-state index contributed by atoms with van der Waals surface area (Å²) >= 11 is 0. The summed E-state index contributed by atoms with van der Waals surface area (Å²) in [5.41, 5.74) is 0. The first-order valence-electron chi connectivity index (χ1n) is 6.51. The van der Waals surface area contributed by atoms with Gasteiger partial charge in [0.1, 0.15) is 0 Å². The Labute approximate surface area is 101 Å². The molecule has 2 saturated carbocycles. The van der Waals surface area contributed by atoms with Gasteiger partial charge < -0.3 is 4.52 Å². The first kappa shape index (κ1) is 10.8. The summed E-state index contributed by atoms with van der Waals surface area (Å²) in [7, 11) is 0. The second kappa shape index (κ2) is 4.14. The van der Waals surface area contributed by atoms with E-state index in [4.69, 9.17) is 9.78 Å². The van der Waals surface area contributed by atoms with Crippen LogP contribution in [-0.4, -0.2) is 10.1 Å². The van der Waals surface area contributed by atoms with Gasteiger partial charge in [0, 0.05) is 5.92 Å². The number of hydrogen-bond donors (Lipinski definition) is 0. The van der Waals surface area contributed by atoms with Crippen molar-refractivity contribution in [3.8, 4) is 6.07 Å². The van der Waals surface area contributed by atoms with Crippen molar-refractivity contribution < 1.29 is 4.52 Å². The van der Waals surface area contributed by atoms with Crippen LogP contribution in [0.5, 0.6) is 0 Å². The number of nitrogens with zero attached hydrogens (tertiary/aromatic N) is 3. The predicted octanol–water partition coefficient (Wildman–Crippen LogP) is 2.99. The Morgan fingerprint density at radius 2 is 2.24 bits per heavy atom. The van der Waals surface area contributed by atoms with Gasteiger partial charge in [-0.15, -0.1) is 0 Å². The molecule has 0 amide bonds. The zero-order valence-electron chi connectivity index (χ0n) is 10.1. The van der Waals surface area contributed by atoms with Crippen LogP contribution in [0.15, 0.2) is 4.52 Å². The van der Waals surface area contributed by atoms with Crippen molar-refractivity contribution >= 4 is 0 Å². The lowest BCUT2D eigenvalue weighted by Crippen LogP contribution is -2.12. The van der Waals surface area contributed by atoms with E-state index in [0.29, 0.717) is 11.8 Å². The number of nitriles is 1. The highest BCUT2D eigenvalue weighted by atomic mass is 16.5. The van der Waals surface area contributed by atoms with E-state index >= 15 is 0 Å². The Bertz CT molecular complexity index is 448. The van der Waals surface area contributed by atoms with E-state index in [1.165, 1.54) is 25.7 Å². The molecule has 4 atom stereocenters. The fourth-order valence-corrected chi connectivity index (χ4v) is 2.84. The lowest BCUT2D eigenvalue weighted by molar-refractivity contribution is 0.319. The van der Waals surface area contributed by atoms with Crippen molar-refractivity contribution in [3.63, 3.8) is 0 Å². The van der Waals surface area contributed by atoms with E-state index in [1.54, 1.807) is 0 Å². The highest BCUT2D eigenvalue weighted by molar-refractivity contribution is 5.16. The van der Waals surface area contributed by atoms with Crippen LogP contribution < -0.4 is 0 Å². The van der Waals surface area contributed by atoms with Crippen LogP contribution in [0.25, 0.3) is 0 Å². The summed E-state index contributed by atoms with van der Waals surface area (Å²) in [6.45, 7) is 2.29. The Hall–Kier alpha value is -1.37. The molecule has 0 bridgehead atoms. The average Bonchev–Trinajstić information content (AvgIpc) is 2.97. The molecule has 1 heterocycles. The first-order chi connectivity index (χ1) is 8.28. The first-order valence-corrected chi connectivity index (χ1v) is 6.51. The summed E-state index contributed by atoms with van der Waals surface area (Å²) in [6, 6.07) is 2.26. The summed E-state index contributed by atoms with van der Waals surface area (Å²) in [6.07, 6.45) is 5.82. The van der Waals surface area contributed by atoms with Crippen LogP contribution in [-0.2, 0) is 0 Å². The number of aromatic nitrogens is 2. The summed E-state index contributed by atoms with van der Waals surface area (Å²) in [4.78, 5) is 4.50. The van der Waals surface area contributed by atoms with Crippen molar-refractivity contribution in [3.05, 3.63) is 11.7 Å². The minimum absolute atomic E-state index is 0.105. The second-order valence-corrected chi connectivity index (χ2v) is 5.54. The van der Waals surface area contributed by atoms with Crippen LogP contribution in [0.3, 0.4) is 0 Å². The molecule has 17 heavy (non-hydrogen) atoms. The monoisotopic (exact) mass is 231 g/mol. The van der Waals surface area contributed by atoms with Gasteiger partial charge in [-0.25, -0.2) is 0 Å². The summed E-state index contributed by atoms with van der Waals surface area (Å²) < 4.78 is 5.30. The molecule has 2 aliphatic carbocycles. The number of hydrogen-bond acceptors (Lipinski definition) is 4. The lowest BCUT2D eigenvalue weighted by atomic mass is 9.82. The topological polar surface area (TPSA) is 62.7 Å². The minimum atomic E-state index is 0.105. The molecule has 2 fully saturated rings.